The highest BCUT2D eigenvalue weighted by molar-refractivity contribution is 4.99. The van der Waals surface area contributed by atoms with Crippen LogP contribution in [0.1, 0.15) is 88.5 Å². The Hall–Kier alpha value is -0.670. The summed E-state index contributed by atoms with van der Waals surface area (Å²) in [5, 5.41) is 9.49. The minimum atomic E-state index is 0.107. The van der Waals surface area contributed by atoms with Gasteiger partial charge in [-0.2, -0.15) is 5.26 Å². The van der Waals surface area contributed by atoms with E-state index >= 15 is 0 Å². The van der Waals surface area contributed by atoms with Gasteiger partial charge < -0.3 is 0 Å². The summed E-state index contributed by atoms with van der Waals surface area (Å²) in [5.41, 5.74) is 0.750. The van der Waals surface area contributed by atoms with Crippen LogP contribution in [0.5, 0.6) is 0 Å². The predicted octanol–water partition coefficient (Wildman–Crippen LogP) is 4.44. The highest BCUT2D eigenvalue weighted by Gasteiger charge is 2.40. The summed E-state index contributed by atoms with van der Waals surface area (Å²) in [5.74, 6) is 0. The van der Waals surface area contributed by atoms with Gasteiger partial charge in [0.05, 0.1) is 12.5 Å². The molecule has 0 radical (unpaired) electrons. The van der Waals surface area contributed by atoms with E-state index in [-0.39, 0.29) is 22.2 Å². The lowest BCUT2D eigenvalue weighted by atomic mass is 9.84. The first-order chi connectivity index (χ1) is 14.1. The van der Waals surface area contributed by atoms with Gasteiger partial charge in [0.1, 0.15) is 0 Å². The Morgan fingerprint density at radius 1 is 0.645 bits per heavy atom. The highest BCUT2D eigenvalue weighted by atomic mass is 15.3. The average molecular weight is 434 g/mol. The van der Waals surface area contributed by atoms with Crippen LogP contribution in [0.2, 0.25) is 0 Å². The molecule has 2 aliphatic heterocycles. The van der Waals surface area contributed by atoms with Gasteiger partial charge in [0, 0.05) is 74.0 Å². The Bertz CT molecular complexity index is 611. The molecule has 0 bridgehead atoms. The van der Waals surface area contributed by atoms with Gasteiger partial charge in [-0.05, 0) is 82.1 Å². The van der Waals surface area contributed by atoms with Crippen LogP contribution in [-0.4, -0.2) is 93.6 Å². The van der Waals surface area contributed by atoms with E-state index in [1.807, 2.05) is 0 Å². The summed E-state index contributed by atoms with van der Waals surface area (Å²) < 4.78 is 0. The fourth-order valence-electron chi connectivity index (χ4n) is 5.44. The number of piperazine rings is 2. The first kappa shape index (κ1) is 26.6. The zero-order chi connectivity index (χ0) is 23.7. The Kier molecular flexibility index (Phi) is 8.29. The van der Waals surface area contributed by atoms with E-state index in [9.17, 15) is 5.26 Å². The van der Waals surface area contributed by atoms with Crippen LogP contribution in [0.4, 0.5) is 0 Å². The summed E-state index contributed by atoms with van der Waals surface area (Å²) in [4.78, 5) is 10.5. The van der Waals surface area contributed by atoms with Crippen molar-refractivity contribution in [1.29, 1.82) is 5.26 Å². The normalized spacial score (nSPS) is 24.4. The third-order valence-corrected chi connectivity index (χ3v) is 7.97. The Morgan fingerprint density at radius 2 is 1.10 bits per heavy atom. The molecule has 2 heterocycles. The zero-order valence-electron chi connectivity index (χ0n) is 22.4. The molecule has 31 heavy (non-hydrogen) atoms. The minimum Gasteiger partial charge on any atom is -0.296 e. The van der Waals surface area contributed by atoms with Crippen molar-refractivity contribution < 1.29 is 0 Å². The second-order valence-corrected chi connectivity index (χ2v) is 13.1. The fourth-order valence-corrected chi connectivity index (χ4v) is 5.44. The van der Waals surface area contributed by atoms with E-state index in [1.54, 1.807) is 0 Å². The molecule has 0 aliphatic carbocycles. The molecule has 2 aliphatic rings. The summed E-state index contributed by atoms with van der Waals surface area (Å²) in [6, 6.07) is 2.80. The van der Waals surface area contributed by atoms with Crippen molar-refractivity contribution in [3.63, 3.8) is 0 Å². The largest absolute Gasteiger partial charge is 0.296 e. The van der Waals surface area contributed by atoms with E-state index in [0.717, 1.165) is 52.2 Å². The van der Waals surface area contributed by atoms with Crippen molar-refractivity contribution in [3.8, 4) is 6.07 Å². The molecule has 5 heteroatoms. The van der Waals surface area contributed by atoms with Gasteiger partial charge in [-0.25, -0.2) is 0 Å². The van der Waals surface area contributed by atoms with Gasteiger partial charge in [0.25, 0.3) is 0 Å². The predicted molar refractivity (Wildman–Crippen MR) is 132 cm³/mol. The molecular formula is C26H51N5. The second-order valence-electron chi connectivity index (χ2n) is 13.1. The van der Waals surface area contributed by atoms with Gasteiger partial charge in [-0.15, -0.1) is 0 Å². The smallest absolute Gasteiger partial charge is 0.0638 e. The Balaban J connectivity index is 1.99. The molecule has 2 fully saturated rings. The van der Waals surface area contributed by atoms with Crippen LogP contribution in [0.3, 0.4) is 0 Å². The molecule has 180 valence electrons. The monoisotopic (exact) mass is 433 g/mol. The lowest BCUT2D eigenvalue weighted by Crippen LogP contribution is -2.63. The summed E-state index contributed by atoms with van der Waals surface area (Å²) in [7, 11) is 0. The molecule has 0 aromatic rings. The SMILES string of the molecule is CC(C)(C)N1CCN(C(C)(C)CCC(C)(C)N2CCN(C(C)(C)C)CC2CC#N)CC1. The van der Waals surface area contributed by atoms with Gasteiger partial charge in [-0.3, -0.25) is 19.6 Å². The number of nitriles is 1. The fraction of sp³-hybridized carbons (Fsp3) is 0.962. The van der Waals surface area contributed by atoms with Gasteiger partial charge in [0.2, 0.25) is 0 Å². The lowest BCUT2D eigenvalue weighted by molar-refractivity contribution is -0.0385. The molecule has 0 saturated carbocycles. The standard InChI is InChI=1S/C26H51N5/c1-23(2,3)28-15-17-29(18-16-28)25(7,8)12-13-26(9,10)31-20-19-30(24(4,5)6)21-22(31)11-14-27/h22H,11-13,15-21H2,1-10H3. The quantitative estimate of drug-likeness (QED) is 0.619. The van der Waals surface area contributed by atoms with Crippen molar-refractivity contribution in [2.45, 2.75) is 117 Å². The number of nitrogens with zero attached hydrogens (tertiary/aromatic N) is 5. The van der Waals surface area contributed by atoms with Gasteiger partial charge >= 0.3 is 0 Å². The zero-order valence-corrected chi connectivity index (χ0v) is 22.4. The van der Waals surface area contributed by atoms with Crippen molar-refractivity contribution in [1.82, 2.24) is 19.6 Å². The summed E-state index contributed by atoms with van der Waals surface area (Å²) in [6.45, 7) is 31.3. The lowest BCUT2D eigenvalue weighted by Gasteiger charge is -2.53. The molecule has 5 nitrogen and oxygen atoms in total. The molecule has 0 aromatic carbocycles. The van der Waals surface area contributed by atoms with Crippen molar-refractivity contribution in [2.75, 3.05) is 45.8 Å². The van der Waals surface area contributed by atoms with Crippen molar-refractivity contribution >= 4 is 0 Å². The van der Waals surface area contributed by atoms with Gasteiger partial charge in [-0.1, -0.05) is 0 Å². The Morgan fingerprint density at radius 3 is 1.58 bits per heavy atom. The number of hydrogen-bond donors (Lipinski definition) is 0. The van der Waals surface area contributed by atoms with E-state index in [2.05, 4.69) is 94.9 Å². The van der Waals surface area contributed by atoms with Crippen molar-refractivity contribution in [2.24, 2.45) is 0 Å². The van der Waals surface area contributed by atoms with Crippen molar-refractivity contribution in [3.05, 3.63) is 0 Å². The van der Waals surface area contributed by atoms with Crippen LogP contribution in [0, 0.1) is 11.3 Å². The summed E-state index contributed by atoms with van der Waals surface area (Å²) >= 11 is 0. The van der Waals surface area contributed by atoms with Crippen LogP contribution < -0.4 is 0 Å². The number of rotatable bonds is 6. The second kappa shape index (κ2) is 9.67. The van der Waals surface area contributed by atoms with Gasteiger partial charge in [0.15, 0.2) is 0 Å². The molecular weight excluding hydrogens is 382 g/mol. The van der Waals surface area contributed by atoms with Crippen LogP contribution in [0.15, 0.2) is 0 Å². The molecule has 0 spiro atoms. The molecule has 2 rings (SSSR count). The average Bonchev–Trinajstić information content (AvgIpc) is 2.65. The van der Waals surface area contributed by atoms with E-state index in [4.69, 9.17) is 0 Å². The summed E-state index contributed by atoms with van der Waals surface area (Å²) in [6.07, 6.45) is 2.97. The maximum absolute atomic E-state index is 9.49. The van der Waals surface area contributed by atoms with Crippen LogP contribution >= 0.6 is 0 Å². The molecule has 1 atom stereocenters. The minimum absolute atomic E-state index is 0.107. The topological polar surface area (TPSA) is 36.8 Å². The molecule has 0 N–H and O–H groups in total. The first-order valence-electron chi connectivity index (χ1n) is 12.5. The maximum Gasteiger partial charge on any atom is 0.0638 e. The number of hydrogen-bond acceptors (Lipinski definition) is 5. The Labute approximate surface area is 193 Å². The van der Waals surface area contributed by atoms with E-state index in [1.165, 1.54) is 6.42 Å². The molecule has 0 aromatic heterocycles. The molecule has 2 saturated heterocycles. The van der Waals surface area contributed by atoms with E-state index < -0.39 is 0 Å². The third kappa shape index (κ3) is 6.90. The highest BCUT2D eigenvalue weighted by Crippen LogP contribution is 2.33. The van der Waals surface area contributed by atoms with Crippen LogP contribution in [0.25, 0.3) is 0 Å². The van der Waals surface area contributed by atoms with E-state index in [0.29, 0.717) is 12.5 Å². The first-order valence-corrected chi connectivity index (χ1v) is 12.5. The molecule has 0 amide bonds. The van der Waals surface area contributed by atoms with Crippen LogP contribution in [-0.2, 0) is 0 Å². The maximum atomic E-state index is 9.49. The molecule has 1 unspecified atom stereocenters. The third-order valence-electron chi connectivity index (χ3n) is 7.97.